The van der Waals surface area contributed by atoms with Crippen molar-refractivity contribution in [2.75, 3.05) is 0 Å². The van der Waals surface area contributed by atoms with Crippen LogP contribution in [0.5, 0.6) is 0 Å². The molecule has 0 aliphatic heterocycles. The summed E-state index contributed by atoms with van der Waals surface area (Å²) in [7, 11) is 0. The molecule has 0 heterocycles. The van der Waals surface area contributed by atoms with Gasteiger partial charge in [-0.3, -0.25) is 0 Å². The molecule has 1 fully saturated rings. The minimum atomic E-state index is 0.892. The van der Waals surface area contributed by atoms with E-state index < -0.39 is 0 Å². The van der Waals surface area contributed by atoms with Crippen LogP contribution in [-0.2, 0) is 0 Å². The smallest absolute Gasteiger partial charge is 0.0365 e. The van der Waals surface area contributed by atoms with Crippen LogP contribution in [0.25, 0.3) is 0 Å². The first-order valence-corrected chi connectivity index (χ1v) is 6.02. The molecular weight excluding hydrogens is 156 g/mol. The molecule has 1 saturated carbocycles. The molecule has 0 aromatic heterocycles. The van der Waals surface area contributed by atoms with E-state index in [2.05, 4.69) is 34.6 Å². The van der Waals surface area contributed by atoms with Gasteiger partial charge in [0.25, 0.3) is 0 Å². The van der Waals surface area contributed by atoms with Crippen molar-refractivity contribution < 1.29 is 0 Å². The monoisotopic (exact) mass is 182 g/mol. The lowest BCUT2D eigenvalue weighted by Gasteiger charge is -2.38. The second kappa shape index (κ2) is 4.48. The highest BCUT2D eigenvalue weighted by molar-refractivity contribution is 4.80. The standard InChI is InChI=1S/C13H26/c1-9(2)12-6-7-13(10(3)4)11(5)8-12/h9-13H,6-8H2,1-5H3. The van der Waals surface area contributed by atoms with Crippen molar-refractivity contribution in [3.63, 3.8) is 0 Å². The predicted octanol–water partition coefficient (Wildman–Crippen LogP) is 4.35. The molecule has 1 aliphatic rings. The van der Waals surface area contributed by atoms with Crippen molar-refractivity contribution in [1.82, 2.24) is 0 Å². The molecule has 0 spiro atoms. The van der Waals surface area contributed by atoms with Crippen LogP contribution in [0.15, 0.2) is 0 Å². The van der Waals surface area contributed by atoms with Crippen LogP contribution in [0.1, 0.15) is 53.9 Å². The maximum Gasteiger partial charge on any atom is -0.0365 e. The van der Waals surface area contributed by atoms with E-state index in [1.165, 1.54) is 19.3 Å². The van der Waals surface area contributed by atoms with Gasteiger partial charge in [0, 0.05) is 0 Å². The Labute approximate surface area is 84.1 Å². The number of hydrogen-bond donors (Lipinski definition) is 0. The normalized spacial score (nSPS) is 35.8. The van der Waals surface area contributed by atoms with Crippen LogP contribution in [0.4, 0.5) is 0 Å². The van der Waals surface area contributed by atoms with E-state index in [4.69, 9.17) is 0 Å². The fraction of sp³-hybridized carbons (Fsp3) is 1.00. The lowest BCUT2D eigenvalue weighted by Crippen LogP contribution is -2.28. The van der Waals surface area contributed by atoms with Gasteiger partial charge in [0.1, 0.15) is 0 Å². The van der Waals surface area contributed by atoms with Gasteiger partial charge >= 0.3 is 0 Å². The Morgan fingerprint density at radius 1 is 0.923 bits per heavy atom. The summed E-state index contributed by atoms with van der Waals surface area (Å²) in [5.41, 5.74) is 0. The zero-order valence-electron chi connectivity index (χ0n) is 10.0. The zero-order valence-corrected chi connectivity index (χ0v) is 10.0. The van der Waals surface area contributed by atoms with Gasteiger partial charge in [0.15, 0.2) is 0 Å². The molecule has 3 unspecified atom stereocenters. The summed E-state index contributed by atoms with van der Waals surface area (Å²) in [6, 6.07) is 0. The van der Waals surface area contributed by atoms with Crippen molar-refractivity contribution in [3.8, 4) is 0 Å². The second-order valence-electron chi connectivity index (χ2n) is 5.70. The van der Waals surface area contributed by atoms with Crippen molar-refractivity contribution in [2.24, 2.45) is 29.6 Å². The van der Waals surface area contributed by atoms with Crippen LogP contribution in [0.3, 0.4) is 0 Å². The fourth-order valence-corrected chi connectivity index (χ4v) is 3.06. The van der Waals surface area contributed by atoms with Gasteiger partial charge in [-0.25, -0.2) is 0 Å². The van der Waals surface area contributed by atoms with Crippen LogP contribution in [0, 0.1) is 29.6 Å². The third kappa shape index (κ3) is 2.72. The highest BCUT2D eigenvalue weighted by Crippen LogP contribution is 2.40. The topological polar surface area (TPSA) is 0 Å². The van der Waals surface area contributed by atoms with Gasteiger partial charge in [0.2, 0.25) is 0 Å². The molecule has 0 nitrogen and oxygen atoms in total. The fourth-order valence-electron chi connectivity index (χ4n) is 3.06. The highest BCUT2D eigenvalue weighted by Gasteiger charge is 2.30. The van der Waals surface area contributed by atoms with Gasteiger partial charge in [0.05, 0.1) is 0 Å². The van der Waals surface area contributed by atoms with Crippen molar-refractivity contribution in [2.45, 2.75) is 53.9 Å². The summed E-state index contributed by atoms with van der Waals surface area (Å²) >= 11 is 0. The summed E-state index contributed by atoms with van der Waals surface area (Å²) in [6.45, 7) is 12.0. The summed E-state index contributed by atoms with van der Waals surface area (Å²) in [5.74, 6) is 4.75. The lowest BCUT2D eigenvalue weighted by atomic mass is 9.68. The van der Waals surface area contributed by atoms with Crippen molar-refractivity contribution in [3.05, 3.63) is 0 Å². The molecule has 0 saturated heterocycles. The van der Waals surface area contributed by atoms with Gasteiger partial charge in [-0.15, -0.1) is 0 Å². The Morgan fingerprint density at radius 2 is 1.54 bits per heavy atom. The van der Waals surface area contributed by atoms with Crippen molar-refractivity contribution >= 4 is 0 Å². The maximum absolute atomic E-state index is 2.46. The zero-order chi connectivity index (χ0) is 10.0. The molecule has 13 heavy (non-hydrogen) atoms. The quantitative estimate of drug-likeness (QED) is 0.595. The highest BCUT2D eigenvalue weighted by atomic mass is 14.4. The van der Waals surface area contributed by atoms with Crippen LogP contribution in [0.2, 0.25) is 0 Å². The molecule has 0 N–H and O–H groups in total. The van der Waals surface area contributed by atoms with E-state index in [9.17, 15) is 0 Å². The Balaban J connectivity index is 2.46. The van der Waals surface area contributed by atoms with E-state index in [0.717, 1.165) is 29.6 Å². The Morgan fingerprint density at radius 3 is 1.92 bits per heavy atom. The third-order valence-electron chi connectivity index (χ3n) is 4.08. The molecule has 1 aliphatic carbocycles. The van der Waals surface area contributed by atoms with Gasteiger partial charge < -0.3 is 0 Å². The SMILES string of the molecule is CC(C)C1CCC(C(C)C)C(C)C1. The molecular formula is C13H26. The van der Waals surface area contributed by atoms with E-state index in [1.54, 1.807) is 0 Å². The van der Waals surface area contributed by atoms with E-state index in [1.807, 2.05) is 0 Å². The average Bonchev–Trinajstić information content (AvgIpc) is 2.03. The summed E-state index contributed by atoms with van der Waals surface area (Å²) < 4.78 is 0. The van der Waals surface area contributed by atoms with Crippen LogP contribution in [-0.4, -0.2) is 0 Å². The molecule has 0 heteroatoms. The first kappa shape index (κ1) is 11.1. The van der Waals surface area contributed by atoms with E-state index in [0.29, 0.717) is 0 Å². The second-order valence-corrected chi connectivity index (χ2v) is 5.70. The molecule has 0 aromatic rings. The molecule has 0 bridgehead atoms. The minimum absolute atomic E-state index is 0.892. The van der Waals surface area contributed by atoms with Gasteiger partial charge in [-0.05, 0) is 48.9 Å². The molecule has 0 radical (unpaired) electrons. The maximum atomic E-state index is 2.46. The summed E-state index contributed by atoms with van der Waals surface area (Å²) in [6.07, 6.45) is 4.42. The Hall–Kier alpha value is 0. The van der Waals surface area contributed by atoms with E-state index in [-0.39, 0.29) is 0 Å². The Kier molecular flexibility index (Phi) is 3.82. The van der Waals surface area contributed by atoms with Gasteiger partial charge in [-0.1, -0.05) is 34.6 Å². The Bertz CT molecular complexity index is 146. The first-order valence-electron chi connectivity index (χ1n) is 6.02. The lowest BCUT2D eigenvalue weighted by molar-refractivity contribution is 0.126. The largest absolute Gasteiger partial charge is 0.0625 e. The van der Waals surface area contributed by atoms with Crippen LogP contribution < -0.4 is 0 Å². The number of hydrogen-bond acceptors (Lipinski definition) is 0. The molecule has 1 rings (SSSR count). The third-order valence-corrected chi connectivity index (χ3v) is 4.08. The van der Waals surface area contributed by atoms with Crippen molar-refractivity contribution in [1.29, 1.82) is 0 Å². The number of rotatable bonds is 2. The molecule has 3 atom stereocenters. The summed E-state index contributed by atoms with van der Waals surface area (Å²) in [4.78, 5) is 0. The molecule has 0 aromatic carbocycles. The summed E-state index contributed by atoms with van der Waals surface area (Å²) in [5, 5.41) is 0. The average molecular weight is 182 g/mol. The molecule has 78 valence electrons. The molecule has 0 amide bonds. The minimum Gasteiger partial charge on any atom is -0.0625 e. The predicted molar refractivity (Wildman–Crippen MR) is 59.7 cm³/mol. The van der Waals surface area contributed by atoms with Crippen LogP contribution >= 0.6 is 0 Å². The van der Waals surface area contributed by atoms with E-state index >= 15 is 0 Å². The van der Waals surface area contributed by atoms with Gasteiger partial charge in [-0.2, -0.15) is 0 Å². The first-order chi connectivity index (χ1) is 6.02.